The van der Waals surface area contributed by atoms with E-state index in [9.17, 15) is 22.4 Å². The van der Waals surface area contributed by atoms with Crippen LogP contribution < -0.4 is 10.1 Å². The number of halogens is 4. The summed E-state index contributed by atoms with van der Waals surface area (Å²) < 4.78 is 62.1. The summed E-state index contributed by atoms with van der Waals surface area (Å²) in [7, 11) is 0. The summed E-state index contributed by atoms with van der Waals surface area (Å²) in [6.07, 6.45) is -4.53. The number of ether oxygens (including phenoxy) is 1. The van der Waals surface area contributed by atoms with Crippen LogP contribution in [0.25, 0.3) is 0 Å². The van der Waals surface area contributed by atoms with Crippen molar-refractivity contribution in [3.8, 4) is 5.75 Å². The highest BCUT2D eigenvalue weighted by Crippen LogP contribution is 2.31. The minimum absolute atomic E-state index is 0.0440. The van der Waals surface area contributed by atoms with Crippen molar-refractivity contribution in [1.29, 1.82) is 0 Å². The second-order valence-corrected chi connectivity index (χ2v) is 5.84. The van der Waals surface area contributed by atoms with Crippen molar-refractivity contribution < 1.29 is 31.6 Å². The summed E-state index contributed by atoms with van der Waals surface area (Å²) in [5, 5.41) is 6.00. The molecule has 9 heteroatoms. The van der Waals surface area contributed by atoms with Gasteiger partial charge in [0.15, 0.2) is 5.69 Å². The van der Waals surface area contributed by atoms with Gasteiger partial charge in [0, 0.05) is 11.8 Å². The van der Waals surface area contributed by atoms with Crippen molar-refractivity contribution in [2.75, 3.05) is 5.32 Å². The summed E-state index contributed by atoms with van der Waals surface area (Å²) in [5.41, 5.74) is -0.770. The molecule has 28 heavy (non-hydrogen) atoms. The van der Waals surface area contributed by atoms with E-state index in [0.717, 1.165) is 12.1 Å². The fourth-order valence-electron chi connectivity index (χ4n) is 2.42. The number of benzene rings is 2. The largest absolute Gasteiger partial charge is 0.489 e. The van der Waals surface area contributed by atoms with Crippen molar-refractivity contribution in [2.45, 2.75) is 19.7 Å². The lowest BCUT2D eigenvalue weighted by Gasteiger charge is -2.10. The summed E-state index contributed by atoms with van der Waals surface area (Å²) in [6, 6.07) is 9.64. The van der Waals surface area contributed by atoms with E-state index in [1.54, 1.807) is 6.92 Å². The first-order chi connectivity index (χ1) is 13.2. The smallest absolute Gasteiger partial charge is 0.416 e. The van der Waals surface area contributed by atoms with Crippen molar-refractivity contribution in [3.05, 3.63) is 76.9 Å². The number of anilines is 1. The van der Waals surface area contributed by atoms with E-state index >= 15 is 0 Å². The van der Waals surface area contributed by atoms with Gasteiger partial charge in [-0.2, -0.15) is 13.2 Å². The Labute approximate surface area is 156 Å². The van der Waals surface area contributed by atoms with E-state index in [1.165, 1.54) is 36.4 Å². The maximum absolute atomic E-state index is 13.2. The Morgan fingerprint density at radius 3 is 2.64 bits per heavy atom. The van der Waals surface area contributed by atoms with E-state index in [1.807, 2.05) is 0 Å². The van der Waals surface area contributed by atoms with Gasteiger partial charge in [-0.05, 0) is 37.3 Å². The molecule has 5 nitrogen and oxygen atoms in total. The lowest BCUT2D eigenvalue weighted by atomic mass is 10.1. The summed E-state index contributed by atoms with van der Waals surface area (Å²) in [6.45, 7) is 1.42. The molecule has 0 atom stereocenters. The zero-order chi connectivity index (χ0) is 20.3. The Morgan fingerprint density at radius 1 is 1.18 bits per heavy atom. The van der Waals surface area contributed by atoms with Crippen LogP contribution in [0.5, 0.6) is 5.75 Å². The fraction of sp³-hybridized carbons (Fsp3) is 0.158. The van der Waals surface area contributed by atoms with Gasteiger partial charge in [0.25, 0.3) is 5.91 Å². The molecule has 0 saturated carbocycles. The van der Waals surface area contributed by atoms with Gasteiger partial charge in [0.05, 0.1) is 11.1 Å². The predicted octanol–water partition coefficient (Wildman–Crippen LogP) is 4.97. The number of nitrogens with one attached hydrogen (secondary N) is 1. The highest BCUT2D eigenvalue weighted by Gasteiger charge is 2.30. The van der Waals surface area contributed by atoms with Crippen LogP contribution in [0.2, 0.25) is 0 Å². The zero-order valence-corrected chi connectivity index (χ0v) is 14.5. The molecule has 2 aromatic carbocycles. The molecule has 0 radical (unpaired) electrons. The molecule has 0 aliphatic heterocycles. The minimum atomic E-state index is -4.53. The van der Waals surface area contributed by atoms with Crippen molar-refractivity contribution in [1.82, 2.24) is 5.16 Å². The van der Waals surface area contributed by atoms with Crippen LogP contribution in [0.15, 0.2) is 53.1 Å². The maximum atomic E-state index is 13.2. The molecular formula is C19H14F4N2O3. The van der Waals surface area contributed by atoms with E-state index in [4.69, 9.17) is 9.26 Å². The second-order valence-electron chi connectivity index (χ2n) is 5.84. The molecule has 0 unspecified atom stereocenters. The minimum Gasteiger partial charge on any atom is -0.489 e. The van der Waals surface area contributed by atoms with Crippen molar-refractivity contribution >= 4 is 11.6 Å². The normalized spacial score (nSPS) is 11.3. The summed E-state index contributed by atoms with van der Waals surface area (Å²) in [4.78, 5) is 12.4. The average molecular weight is 394 g/mol. The van der Waals surface area contributed by atoms with E-state index < -0.39 is 23.5 Å². The third-order valence-electron chi connectivity index (χ3n) is 3.83. The molecular weight excluding hydrogens is 380 g/mol. The lowest BCUT2D eigenvalue weighted by molar-refractivity contribution is -0.137. The second kappa shape index (κ2) is 7.71. The van der Waals surface area contributed by atoms with Crippen molar-refractivity contribution in [2.24, 2.45) is 0 Å². The average Bonchev–Trinajstić information content (AvgIpc) is 3.00. The van der Waals surface area contributed by atoms with Gasteiger partial charge in [-0.15, -0.1) is 0 Å². The molecule has 0 bridgehead atoms. The Bertz CT molecular complexity index is 999. The fourth-order valence-corrected chi connectivity index (χ4v) is 2.42. The number of aryl methyl sites for hydroxylation is 1. The SMILES string of the molecule is Cc1onc(C(=O)Nc2cccc(C(F)(F)F)c2)c1COc1cccc(F)c1. The van der Waals surface area contributed by atoms with Gasteiger partial charge in [-0.3, -0.25) is 4.79 Å². The van der Waals surface area contributed by atoms with Crippen molar-refractivity contribution in [3.63, 3.8) is 0 Å². The van der Waals surface area contributed by atoms with Crippen LogP contribution in [0, 0.1) is 12.7 Å². The van der Waals surface area contributed by atoms with Gasteiger partial charge >= 0.3 is 6.18 Å². The van der Waals surface area contributed by atoms with Gasteiger partial charge in [0.2, 0.25) is 0 Å². The van der Waals surface area contributed by atoms with E-state index in [0.29, 0.717) is 11.3 Å². The van der Waals surface area contributed by atoms with Gasteiger partial charge in [-0.1, -0.05) is 17.3 Å². The number of aromatic nitrogens is 1. The maximum Gasteiger partial charge on any atom is 0.416 e. The molecule has 0 aliphatic carbocycles. The number of nitrogens with zero attached hydrogens (tertiary/aromatic N) is 1. The summed E-state index contributed by atoms with van der Waals surface area (Å²) in [5.74, 6) is -0.702. The standard InChI is InChI=1S/C19H14F4N2O3/c1-11-16(10-27-15-7-3-5-13(20)9-15)17(25-28-11)18(26)24-14-6-2-4-12(8-14)19(21,22)23/h2-9H,10H2,1H3,(H,24,26). The molecule has 1 amide bonds. The first kappa shape index (κ1) is 19.4. The predicted molar refractivity (Wildman–Crippen MR) is 91.4 cm³/mol. The number of carbonyl (C=O) groups excluding carboxylic acids is 1. The number of hydrogen-bond acceptors (Lipinski definition) is 4. The molecule has 3 aromatic rings. The van der Waals surface area contributed by atoms with E-state index in [-0.39, 0.29) is 23.7 Å². The lowest BCUT2D eigenvalue weighted by Crippen LogP contribution is -2.16. The van der Waals surface area contributed by atoms with Gasteiger partial charge in [0.1, 0.15) is 23.9 Å². The van der Waals surface area contributed by atoms with E-state index in [2.05, 4.69) is 10.5 Å². The van der Waals surface area contributed by atoms with Crippen LogP contribution in [0.4, 0.5) is 23.2 Å². The van der Waals surface area contributed by atoms with Crippen LogP contribution in [-0.2, 0) is 12.8 Å². The Kier molecular flexibility index (Phi) is 5.34. The van der Waals surface area contributed by atoms with Crippen LogP contribution in [0.3, 0.4) is 0 Å². The molecule has 1 N–H and O–H groups in total. The summed E-state index contributed by atoms with van der Waals surface area (Å²) >= 11 is 0. The van der Waals surface area contributed by atoms with Crippen LogP contribution in [0.1, 0.15) is 27.4 Å². The highest BCUT2D eigenvalue weighted by molar-refractivity contribution is 6.03. The topological polar surface area (TPSA) is 64.4 Å². The molecule has 3 rings (SSSR count). The monoisotopic (exact) mass is 394 g/mol. The first-order valence-corrected chi connectivity index (χ1v) is 8.06. The quantitative estimate of drug-likeness (QED) is 0.621. The number of hydrogen-bond donors (Lipinski definition) is 1. The van der Waals surface area contributed by atoms with Gasteiger partial charge < -0.3 is 14.6 Å². The van der Waals surface area contributed by atoms with Gasteiger partial charge in [-0.25, -0.2) is 4.39 Å². The molecule has 1 heterocycles. The number of amides is 1. The Morgan fingerprint density at radius 2 is 1.93 bits per heavy atom. The first-order valence-electron chi connectivity index (χ1n) is 8.06. The molecule has 0 spiro atoms. The molecule has 0 aliphatic rings. The zero-order valence-electron chi connectivity index (χ0n) is 14.5. The molecule has 0 fully saturated rings. The Hall–Kier alpha value is -3.36. The Balaban J connectivity index is 1.76. The molecule has 1 aromatic heterocycles. The molecule has 0 saturated heterocycles. The van der Waals surface area contributed by atoms with Crippen LogP contribution in [-0.4, -0.2) is 11.1 Å². The molecule has 146 valence electrons. The van der Waals surface area contributed by atoms with Crippen LogP contribution >= 0.6 is 0 Å². The number of alkyl halides is 3. The third kappa shape index (κ3) is 4.48. The number of carbonyl (C=O) groups is 1. The third-order valence-corrected chi connectivity index (χ3v) is 3.83. The highest BCUT2D eigenvalue weighted by atomic mass is 19.4. The number of rotatable bonds is 5.